The molecule has 0 saturated heterocycles. The van der Waals surface area contributed by atoms with Crippen molar-refractivity contribution < 1.29 is 9.72 Å². The van der Waals surface area contributed by atoms with Gasteiger partial charge in [0.05, 0.1) is 22.4 Å². The fourth-order valence-electron chi connectivity index (χ4n) is 2.03. The van der Waals surface area contributed by atoms with Crippen molar-refractivity contribution in [3.8, 4) is 5.69 Å². The summed E-state index contributed by atoms with van der Waals surface area (Å²) in [5.74, 6) is -0.332. The van der Waals surface area contributed by atoms with E-state index in [9.17, 15) is 14.9 Å². The van der Waals surface area contributed by atoms with Gasteiger partial charge >= 0.3 is 0 Å². The largest absolute Gasteiger partial charge is 0.322 e. The normalized spacial score (nSPS) is 10.3. The summed E-state index contributed by atoms with van der Waals surface area (Å²) in [6.07, 6.45) is 3.09. The number of hydrogen-bond donors (Lipinski definition) is 1. The molecule has 0 bridgehead atoms. The number of aromatic nitrogens is 2. The van der Waals surface area contributed by atoms with Crippen LogP contribution in [0, 0.1) is 10.1 Å². The average molecular weight is 308 g/mol. The van der Waals surface area contributed by atoms with Gasteiger partial charge in [-0.25, -0.2) is 4.68 Å². The predicted octanol–water partition coefficient (Wildman–Crippen LogP) is 3.03. The molecule has 1 amide bonds. The number of para-hydroxylation sites is 1. The zero-order valence-corrected chi connectivity index (χ0v) is 11.9. The Morgan fingerprint density at radius 3 is 2.43 bits per heavy atom. The van der Waals surface area contributed by atoms with Gasteiger partial charge in [-0.3, -0.25) is 14.9 Å². The van der Waals surface area contributed by atoms with Gasteiger partial charge < -0.3 is 5.32 Å². The molecule has 0 spiro atoms. The smallest absolute Gasteiger partial charge is 0.269 e. The predicted molar refractivity (Wildman–Crippen MR) is 84.6 cm³/mol. The third kappa shape index (κ3) is 3.24. The Labute approximate surface area is 131 Å². The number of nitro groups is 1. The van der Waals surface area contributed by atoms with Gasteiger partial charge in [0.25, 0.3) is 11.6 Å². The van der Waals surface area contributed by atoms with E-state index in [1.165, 1.54) is 30.5 Å². The molecule has 1 aromatic heterocycles. The van der Waals surface area contributed by atoms with Crippen molar-refractivity contribution in [3.05, 3.63) is 82.7 Å². The maximum Gasteiger partial charge on any atom is 0.269 e. The summed E-state index contributed by atoms with van der Waals surface area (Å²) < 4.78 is 1.60. The van der Waals surface area contributed by atoms with Gasteiger partial charge in [-0.2, -0.15) is 5.10 Å². The first-order valence-corrected chi connectivity index (χ1v) is 6.79. The third-order valence-electron chi connectivity index (χ3n) is 3.20. The topological polar surface area (TPSA) is 90.1 Å². The highest BCUT2D eigenvalue weighted by molar-refractivity contribution is 6.04. The summed E-state index contributed by atoms with van der Waals surface area (Å²) in [6.45, 7) is 0. The number of hydrogen-bond acceptors (Lipinski definition) is 4. The van der Waals surface area contributed by atoms with Crippen LogP contribution in [-0.4, -0.2) is 20.6 Å². The van der Waals surface area contributed by atoms with Crippen molar-refractivity contribution in [2.75, 3.05) is 5.32 Å². The van der Waals surface area contributed by atoms with E-state index in [1.807, 2.05) is 30.3 Å². The highest BCUT2D eigenvalue weighted by Gasteiger charge is 2.11. The molecule has 0 saturated carbocycles. The van der Waals surface area contributed by atoms with Crippen molar-refractivity contribution >= 4 is 17.3 Å². The monoisotopic (exact) mass is 308 g/mol. The SMILES string of the molecule is O=C(Nc1ccc([N+](=O)[O-])cc1)c1cnn(-c2ccccc2)c1. The number of rotatable bonds is 4. The molecule has 1 heterocycles. The minimum Gasteiger partial charge on any atom is -0.322 e. The van der Waals surface area contributed by atoms with E-state index in [2.05, 4.69) is 10.4 Å². The van der Waals surface area contributed by atoms with Gasteiger partial charge in [-0.05, 0) is 24.3 Å². The molecule has 3 aromatic rings. The molecule has 0 aliphatic carbocycles. The Hall–Kier alpha value is -3.48. The number of anilines is 1. The molecule has 3 rings (SSSR count). The van der Waals surface area contributed by atoms with Crippen molar-refractivity contribution in [2.45, 2.75) is 0 Å². The van der Waals surface area contributed by atoms with Crippen LogP contribution >= 0.6 is 0 Å². The molecule has 0 aliphatic heterocycles. The number of nitrogens with zero attached hydrogens (tertiary/aromatic N) is 3. The summed E-state index contributed by atoms with van der Waals surface area (Å²) >= 11 is 0. The van der Waals surface area contributed by atoms with E-state index in [0.717, 1.165) is 5.69 Å². The van der Waals surface area contributed by atoms with Crippen molar-refractivity contribution in [1.82, 2.24) is 9.78 Å². The second kappa shape index (κ2) is 6.10. The first-order chi connectivity index (χ1) is 11.1. The maximum atomic E-state index is 12.2. The summed E-state index contributed by atoms with van der Waals surface area (Å²) in [4.78, 5) is 22.3. The fourth-order valence-corrected chi connectivity index (χ4v) is 2.03. The van der Waals surface area contributed by atoms with E-state index in [4.69, 9.17) is 0 Å². The molecule has 7 heteroatoms. The molecule has 0 aliphatic rings. The van der Waals surface area contributed by atoms with Crippen LogP contribution in [0.1, 0.15) is 10.4 Å². The first-order valence-electron chi connectivity index (χ1n) is 6.79. The van der Waals surface area contributed by atoms with Crippen LogP contribution in [0.4, 0.5) is 11.4 Å². The van der Waals surface area contributed by atoms with Crippen LogP contribution in [0.3, 0.4) is 0 Å². The average Bonchev–Trinajstić information content (AvgIpc) is 3.06. The van der Waals surface area contributed by atoms with E-state index >= 15 is 0 Å². The van der Waals surface area contributed by atoms with Crippen molar-refractivity contribution in [2.24, 2.45) is 0 Å². The molecule has 0 atom stereocenters. The first kappa shape index (κ1) is 14.5. The van der Waals surface area contributed by atoms with E-state index < -0.39 is 4.92 Å². The van der Waals surface area contributed by atoms with Gasteiger partial charge in [0, 0.05) is 24.0 Å². The Bertz CT molecular complexity index is 841. The Morgan fingerprint density at radius 2 is 1.78 bits per heavy atom. The van der Waals surface area contributed by atoms with Crippen LogP contribution in [0.25, 0.3) is 5.69 Å². The highest BCUT2D eigenvalue weighted by Crippen LogP contribution is 2.16. The van der Waals surface area contributed by atoms with Gasteiger partial charge in [0.15, 0.2) is 0 Å². The molecule has 23 heavy (non-hydrogen) atoms. The van der Waals surface area contributed by atoms with Gasteiger partial charge in [0.1, 0.15) is 0 Å². The number of carbonyl (C=O) groups excluding carboxylic acids is 1. The minimum absolute atomic E-state index is 0.0279. The third-order valence-corrected chi connectivity index (χ3v) is 3.20. The second-order valence-electron chi connectivity index (χ2n) is 4.77. The maximum absolute atomic E-state index is 12.2. The quantitative estimate of drug-likeness (QED) is 0.592. The van der Waals surface area contributed by atoms with E-state index in [-0.39, 0.29) is 11.6 Å². The summed E-state index contributed by atoms with van der Waals surface area (Å²) in [7, 11) is 0. The van der Waals surface area contributed by atoms with Crippen LogP contribution in [0.15, 0.2) is 67.0 Å². The molecule has 0 fully saturated rings. The molecule has 1 N–H and O–H groups in total. The lowest BCUT2D eigenvalue weighted by molar-refractivity contribution is -0.384. The zero-order valence-electron chi connectivity index (χ0n) is 11.9. The number of nitro benzene ring substituents is 1. The Kier molecular flexibility index (Phi) is 3.84. The van der Waals surface area contributed by atoms with Gasteiger partial charge in [-0.15, -0.1) is 0 Å². The molecular weight excluding hydrogens is 296 g/mol. The summed E-state index contributed by atoms with van der Waals surface area (Å²) in [6, 6.07) is 15.1. The molecule has 0 unspecified atom stereocenters. The number of amides is 1. The second-order valence-corrected chi connectivity index (χ2v) is 4.77. The van der Waals surface area contributed by atoms with Crippen LogP contribution in [-0.2, 0) is 0 Å². The Balaban J connectivity index is 1.74. The fraction of sp³-hybridized carbons (Fsp3) is 0. The van der Waals surface area contributed by atoms with Crippen molar-refractivity contribution in [3.63, 3.8) is 0 Å². The summed E-state index contributed by atoms with van der Waals surface area (Å²) in [5.41, 5.74) is 1.70. The number of nitrogens with one attached hydrogen (secondary N) is 1. The molecular formula is C16H12N4O3. The molecule has 7 nitrogen and oxygen atoms in total. The van der Waals surface area contributed by atoms with Gasteiger partial charge in [-0.1, -0.05) is 18.2 Å². The lowest BCUT2D eigenvalue weighted by atomic mass is 10.2. The molecule has 2 aromatic carbocycles. The molecule has 0 radical (unpaired) electrons. The van der Waals surface area contributed by atoms with E-state index in [1.54, 1.807) is 10.9 Å². The van der Waals surface area contributed by atoms with Crippen LogP contribution in [0.5, 0.6) is 0 Å². The van der Waals surface area contributed by atoms with Crippen LogP contribution in [0.2, 0.25) is 0 Å². The summed E-state index contributed by atoms with van der Waals surface area (Å²) in [5, 5.41) is 17.4. The number of benzene rings is 2. The van der Waals surface area contributed by atoms with Crippen LogP contribution < -0.4 is 5.32 Å². The Morgan fingerprint density at radius 1 is 1.09 bits per heavy atom. The lowest BCUT2D eigenvalue weighted by Crippen LogP contribution is -2.11. The van der Waals surface area contributed by atoms with Gasteiger partial charge in [0.2, 0.25) is 0 Å². The van der Waals surface area contributed by atoms with E-state index in [0.29, 0.717) is 11.3 Å². The zero-order chi connectivity index (χ0) is 16.2. The lowest BCUT2D eigenvalue weighted by Gasteiger charge is -2.03. The minimum atomic E-state index is -0.491. The number of non-ortho nitro benzene ring substituents is 1. The molecule has 114 valence electrons. The number of carbonyl (C=O) groups is 1. The highest BCUT2D eigenvalue weighted by atomic mass is 16.6. The standard InChI is InChI=1S/C16H12N4O3/c21-16(18-13-6-8-15(9-7-13)20(22)23)12-10-17-19(11-12)14-4-2-1-3-5-14/h1-11H,(H,18,21). The van der Waals surface area contributed by atoms with Crippen molar-refractivity contribution in [1.29, 1.82) is 0 Å².